The summed E-state index contributed by atoms with van der Waals surface area (Å²) in [6, 6.07) is 0. The number of allylic oxidation sites excluding steroid dienone is 2. The Morgan fingerprint density at radius 3 is 2.37 bits per heavy atom. The van der Waals surface area contributed by atoms with Crippen LogP contribution < -0.4 is 0 Å². The van der Waals surface area contributed by atoms with E-state index in [0.717, 1.165) is 24.8 Å². The molecule has 5 saturated heterocycles. The van der Waals surface area contributed by atoms with E-state index in [0.29, 0.717) is 61.5 Å². The molecule has 7 rings (SSSR count). The van der Waals surface area contributed by atoms with Crippen molar-refractivity contribution in [3.63, 3.8) is 0 Å². The van der Waals surface area contributed by atoms with Crippen molar-refractivity contribution in [2.75, 3.05) is 20.8 Å². The lowest BCUT2D eigenvalue weighted by molar-refractivity contribution is -0.336. The molecule has 3 N–H and O–H groups in total. The average molecular weight is 889 g/mol. The van der Waals surface area contributed by atoms with Crippen LogP contribution in [0.5, 0.6) is 0 Å². The van der Waals surface area contributed by atoms with E-state index in [1.165, 1.54) is 0 Å². The molecule has 2 bridgehead atoms. The van der Waals surface area contributed by atoms with E-state index in [1.54, 1.807) is 40.2 Å². The average Bonchev–Trinajstić information content (AvgIpc) is 3.59. The highest BCUT2D eigenvalue weighted by Crippen LogP contribution is 2.48. The number of hydrogen-bond acceptors (Lipinski definition) is 14. The van der Waals surface area contributed by atoms with Crippen molar-refractivity contribution in [1.29, 1.82) is 0 Å². The molecule has 63 heavy (non-hydrogen) atoms. The number of carbonyl (C=O) groups is 1. The van der Waals surface area contributed by atoms with Gasteiger partial charge in [-0.3, -0.25) is 4.79 Å². The summed E-state index contributed by atoms with van der Waals surface area (Å²) in [6.45, 7) is 16.4. The topological polar surface area (TPSA) is 170 Å². The molecule has 0 aromatic carbocycles. The van der Waals surface area contributed by atoms with Gasteiger partial charge in [0, 0.05) is 52.2 Å². The number of aliphatic hydroxyl groups is 3. The maximum Gasteiger partial charge on any atom is 0.316 e. The zero-order valence-corrected chi connectivity index (χ0v) is 39.2. The summed E-state index contributed by atoms with van der Waals surface area (Å²) in [5, 5.41) is 34.3. The van der Waals surface area contributed by atoms with Crippen molar-refractivity contribution in [2.45, 2.75) is 210 Å². The Kier molecular flexibility index (Phi) is 15.9. The normalized spacial score (nSPS) is 48.8. The molecule has 356 valence electrons. The Morgan fingerprint density at radius 2 is 1.63 bits per heavy atom. The molecule has 1 unspecified atom stereocenters. The SMILES string of the molecule is CCC(C)C[C@H]1O[C@]2(CC[C@@H]1C)C[C@@H]1C[C@@H](C/C=C(\C)[C@@H](O[C@H]3C[C@H](OC)[C@@H](O[C@H]4C[C@H](OC)[C@@H](O)[C@H](C)O4)[C@H](C)O3)[C@@H](C)/C=C/C=C3\CO[C@@H]4[C@H](O)C(C)=C[C@@H](C(=O)O1)[C@]34O)O2. The van der Waals surface area contributed by atoms with Crippen molar-refractivity contribution >= 4 is 5.97 Å². The molecule has 6 heterocycles. The first-order valence-corrected chi connectivity index (χ1v) is 23.6. The Labute approximate surface area is 374 Å². The first kappa shape index (κ1) is 48.9. The second kappa shape index (κ2) is 20.4. The summed E-state index contributed by atoms with van der Waals surface area (Å²) in [5.41, 5.74) is 0.192. The van der Waals surface area contributed by atoms with Crippen molar-refractivity contribution in [1.82, 2.24) is 0 Å². The summed E-state index contributed by atoms with van der Waals surface area (Å²) < 4.78 is 64.0. The van der Waals surface area contributed by atoms with E-state index in [-0.39, 0.29) is 30.8 Å². The van der Waals surface area contributed by atoms with E-state index in [4.69, 9.17) is 47.4 Å². The van der Waals surface area contributed by atoms with Gasteiger partial charge in [0.25, 0.3) is 0 Å². The van der Waals surface area contributed by atoms with Crippen molar-refractivity contribution in [3.05, 3.63) is 47.1 Å². The highest BCUT2D eigenvalue weighted by Gasteiger charge is 2.60. The van der Waals surface area contributed by atoms with E-state index in [1.807, 2.05) is 19.1 Å². The first-order chi connectivity index (χ1) is 30.0. The van der Waals surface area contributed by atoms with Gasteiger partial charge in [-0.05, 0) is 75.5 Å². The smallest absolute Gasteiger partial charge is 0.316 e. The van der Waals surface area contributed by atoms with Crippen molar-refractivity contribution in [3.8, 4) is 0 Å². The lowest BCUT2D eigenvalue weighted by atomic mass is 9.71. The monoisotopic (exact) mass is 889 g/mol. The molecule has 6 aliphatic heterocycles. The van der Waals surface area contributed by atoms with Gasteiger partial charge in [0.1, 0.15) is 42.0 Å². The standard InChI is InChI=1S/C49H76O14/c1-11-26(2)19-37-27(3)17-18-48(63-37)24-35-21-34(62-48)16-15-29(5)44(28(4)13-12-14-33-25-56-46-42(50)30(6)20-36(47(52)59-35)49(33,46)53)60-41-23-39(55-10)45(32(8)58-41)61-40-22-38(54-9)43(51)31(7)57-40/h12-15,20,26-28,31-32,34-46,50-51,53H,11,16-19,21-25H2,1-10H3/b13-12+,29-15+,33-14+/t26?,27-,28-,31-,32-,34+,35-,36-,37+,38-,39-,40-,41-,42+,43-,44-,45-,46+,48+,49+/m0/s1. The van der Waals surface area contributed by atoms with Gasteiger partial charge in [-0.15, -0.1) is 0 Å². The fourth-order valence-corrected chi connectivity index (χ4v) is 10.9. The summed E-state index contributed by atoms with van der Waals surface area (Å²) in [7, 11) is 3.23. The van der Waals surface area contributed by atoms with Gasteiger partial charge in [0.2, 0.25) is 0 Å². The Morgan fingerprint density at radius 1 is 0.921 bits per heavy atom. The molecule has 20 atom stereocenters. The molecule has 7 aliphatic rings. The van der Waals surface area contributed by atoms with E-state index in [9.17, 15) is 20.1 Å². The summed E-state index contributed by atoms with van der Waals surface area (Å²) in [5.74, 6) is -1.91. The maximum atomic E-state index is 14.4. The molecule has 14 heteroatoms. The fourth-order valence-electron chi connectivity index (χ4n) is 10.9. The van der Waals surface area contributed by atoms with Crippen LogP contribution >= 0.6 is 0 Å². The molecule has 14 nitrogen and oxygen atoms in total. The summed E-state index contributed by atoms with van der Waals surface area (Å²) in [4.78, 5) is 14.4. The second-order valence-electron chi connectivity index (χ2n) is 19.8. The zero-order valence-electron chi connectivity index (χ0n) is 39.2. The third-order valence-electron chi connectivity index (χ3n) is 15.1. The molecular formula is C49H76O14. The number of fused-ring (bicyclic) bond motifs is 2. The van der Waals surface area contributed by atoms with Crippen LogP contribution in [0.15, 0.2) is 47.1 Å². The minimum Gasteiger partial charge on any atom is -0.462 e. The molecule has 0 saturated carbocycles. The van der Waals surface area contributed by atoms with Crippen molar-refractivity contribution in [2.24, 2.45) is 23.7 Å². The number of ether oxygens (including phenoxy) is 10. The van der Waals surface area contributed by atoms with Gasteiger partial charge in [-0.25, -0.2) is 0 Å². The molecule has 0 radical (unpaired) electrons. The minimum atomic E-state index is -1.82. The lowest BCUT2D eigenvalue weighted by Crippen LogP contribution is -2.58. The molecule has 5 fully saturated rings. The number of hydrogen-bond donors (Lipinski definition) is 3. The van der Waals surface area contributed by atoms with Gasteiger partial charge < -0.3 is 62.7 Å². The zero-order chi connectivity index (χ0) is 45.4. The van der Waals surface area contributed by atoms with Crippen LogP contribution in [0.1, 0.15) is 113 Å². The Bertz CT molecular complexity index is 1700. The number of rotatable bonds is 9. The predicted molar refractivity (Wildman–Crippen MR) is 232 cm³/mol. The van der Waals surface area contributed by atoms with Crippen LogP contribution in [-0.2, 0) is 52.2 Å². The minimum absolute atomic E-state index is 0.00676. The van der Waals surface area contributed by atoms with Crippen LogP contribution in [0.2, 0.25) is 0 Å². The van der Waals surface area contributed by atoms with Crippen LogP contribution in [0.25, 0.3) is 0 Å². The highest BCUT2D eigenvalue weighted by atomic mass is 16.7. The van der Waals surface area contributed by atoms with Crippen LogP contribution in [0.4, 0.5) is 0 Å². The van der Waals surface area contributed by atoms with E-state index < -0.39 is 90.8 Å². The molecular weight excluding hydrogens is 813 g/mol. The number of aliphatic hydroxyl groups excluding tert-OH is 2. The molecule has 1 spiro atoms. The van der Waals surface area contributed by atoms with Crippen molar-refractivity contribution < 1.29 is 67.5 Å². The fraction of sp³-hybridized carbons (Fsp3) is 0.816. The lowest BCUT2D eigenvalue weighted by Gasteiger charge is -2.50. The Balaban J connectivity index is 1.17. The molecule has 0 aromatic rings. The van der Waals surface area contributed by atoms with Crippen LogP contribution in [0, 0.1) is 23.7 Å². The van der Waals surface area contributed by atoms with E-state index in [2.05, 4.69) is 40.7 Å². The quantitative estimate of drug-likeness (QED) is 0.182. The number of methoxy groups -OCH3 is 2. The Hall–Kier alpha value is -2.05. The summed E-state index contributed by atoms with van der Waals surface area (Å²) >= 11 is 0. The van der Waals surface area contributed by atoms with Crippen LogP contribution in [0.3, 0.4) is 0 Å². The van der Waals surface area contributed by atoms with Gasteiger partial charge in [-0.1, -0.05) is 64.5 Å². The summed E-state index contributed by atoms with van der Waals surface area (Å²) in [6.07, 6.45) is 7.59. The van der Waals surface area contributed by atoms with Gasteiger partial charge in [0.05, 0.1) is 49.3 Å². The number of esters is 1. The van der Waals surface area contributed by atoms with Gasteiger partial charge in [-0.2, -0.15) is 0 Å². The highest BCUT2D eigenvalue weighted by molar-refractivity contribution is 5.78. The largest absolute Gasteiger partial charge is 0.462 e. The third-order valence-corrected chi connectivity index (χ3v) is 15.1. The molecule has 0 amide bonds. The predicted octanol–water partition coefficient (Wildman–Crippen LogP) is 5.99. The van der Waals surface area contributed by atoms with E-state index >= 15 is 0 Å². The second-order valence-corrected chi connectivity index (χ2v) is 19.8. The maximum absolute atomic E-state index is 14.4. The van der Waals surface area contributed by atoms with Crippen LogP contribution in [-0.4, -0.2) is 139 Å². The first-order valence-electron chi connectivity index (χ1n) is 23.6. The molecule has 1 aliphatic carbocycles. The third kappa shape index (κ3) is 10.4. The molecule has 0 aromatic heterocycles. The van der Waals surface area contributed by atoms with Gasteiger partial charge in [0.15, 0.2) is 18.4 Å². The van der Waals surface area contributed by atoms with Gasteiger partial charge >= 0.3 is 5.97 Å². The number of carbonyl (C=O) groups excluding carboxylic acids is 1.